The lowest BCUT2D eigenvalue weighted by molar-refractivity contribution is 0.370. The number of hydrogen-bond donors (Lipinski definition) is 0. The van der Waals surface area contributed by atoms with E-state index in [1.165, 1.54) is 0 Å². The van der Waals surface area contributed by atoms with Gasteiger partial charge in [0.05, 0.1) is 16.6 Å². The van der Waals surface area contributed by atoms with Crippen LogP contribution in [0.2, 0.25) is 0 Å². The van der Waals surface area contributed by atoms with E-state index in [0.29, 0.717) is 17.8 Å². The molecule has 0 aliphatic carbocycles. The molecule has 2 heterocycles. The quantitative estimate of drug-likeness (QED) is 0.504. The zero-order chi connectivity index (χ0) is 16.8. The summed E-state index contributed by atoms with van der Waals surface area (Å²) in [5.74, 6) is 2.54. The highest BCUT2D eigenvalue weighted by molar-refractivity contribution is 5.96. The van der Waals surface area contributed by atoms with E-state index >= 15 is 0 Å². The molecule has 0 fully saturated rings. The van der Waals surface area contributed by atoms with Crippen LogP contribution in [0.1, 0.15) is 39.4 Å². The van der Waals surface area contributed by atoms with Crippen LogP contribution in [0.5, 0.6) is 0 Å². The maximum atomic E-state index is 5.09. The van der Waals surface area contributed by atoms with E-state index in [-0.39, 0.29) is 0 Å². The van der Waals surface area contributed by atoms with Crippen molar-refractivity contribution in [3.8, 4) is 0 Å². The largest absolute Gasteiger partial charge is 0.279 e. The molecule has 0 aliphatic rings. The van der Waals surface area contributed by atoms with Crippen molar-refractivity contribution in [2.75, 3.05) is 0 Å². The maximum absolute atomic E-state index is 5.09. The minimum atomic E-state index is 0.384. The van der Waals surface area contributed by atoms with Gasteiger partial charge in [-0.05, 0) is 36.1 Å². The smallest absolute Gasteiger partial charge is 0.148 e. The molecule has 0 saturated heterocycles. The Labute approximate surface area is 142 Å². The second-order valence-corrected chi connectivity index (χ2v) is 7.26. The lowest BCUT2D eigenvalue weighted by atomic mass is 9.84. The fraction of sp³-hybridized carbons (Fsp3) is 0.333. The van der Waals surface area contributed by atoms with Crippen molar-refractivity contribution in [1.29, 1.82) is 0 Å². The SMILES string of the molecule is CC(C)C(c1nc2ccccc2c2nc3ccccc3n12)C(C)C. The predicted octanol–water partition coefficient (Wildman–Crippen LogP) is 5.43. The Hall–Kier alpha value is -2.42. The minimum Gasteiger partial charge on any atom is -0.279 e. The highest BCUT2D eigenvalue weighted by atomic mass is 15.1. The first-order valence-corrected chi connectivity index (χ1v) is 8.73. The Morgan fingerprint density at radius 1 is 0.750 bits per heavy atom. The summed E-state index contributed by atoms with van der Waals surface area (Å²) in [7, 11) is 0. The third kappa shape index (κ3) is 2.19. The topological polar surface area (TPSA) is 30.2 Å². The molecule has 0 saturated carbocycles. The average Bonchev–Trinajstić information content (AvgIpc) is 2.94. The van der Waals surface area contributed by atoms with Crippen molar-refractivity contribution in [2.45, 2.75) is 33.6 Å². The van der Waals surface area contributed by atoms with Crippen LogP contribution < -0.4 is 0 Å². The molecule has 0 amide bonds. The van der Waals surface area contributed by atoms with Crippen molar-refractivity contribution in [1.82, 2.24) is 14.4 Å². The second kappa shape index (κ2) is 5.59. The first-order valence-electron chi connectivity index (χ1n) is 8.73. The molecule has 0 spiro atoms. The maximum Gasteiger partial charge on any atom is 0.148 e. The molecule has 0 atom stereocenters. The number of benzene rings is 2. The Morgan fingerprint density at radius 2 is 1.38 bits per heavy atom. The molecular weight excluding hydrogens is 294 g/mol. The van der Waals surface area contributed by atoms with Crippen LogP contribution in [0, 0.1) is 11.8 Å². The van der Waals surface area contributed by atoms with Crippen LogP contribution in [-0.2, 0) is 0 Å². The van der Waals surface area contributed by atoms with Crippen LogP contribution in [0.3, 0.4) is 0 Å². The van der Waals surface area contributed by atoms with E-state index in [4.69, 9.17) is 9.97 Å². The summed E-state index contributed by atoms with van der Waals surface area (Å²) in [6.45, 7) is 9.14. The van der Waals surface area contributed by atoms with Gasteiger partial charge in [-0.2, -0.15) is 0 Å². The lowest BCUT2D eigenvalue weighted by Crippen LogP contribution is -2.19. The van der Waals surface area contributed by atoms with Crippen LogP contribution in [0.25, 0.3) is 27.6 Å². The molecule has 24 heavy (non-hydrogen) atoms. The molecule has 0 bridgehead atoms. The van der Waals surface area contributed by atoms with E-state index in [0.717, 1.165) is 33.4 Å². The van der Waals surface area contributed by atoms with Gasteiger partial charge in [-0.1, -0.05) is 52.0 Å². The van der Waals surface area contributed by atoms with E-state index in [2.05, 4.69) is 74.6 Å². The Balaban J connectivity index is 2.21. The fourth-order valence-electron chi connectivity index (χ4n) is 3.96. The van der Waals surface area contributed by atoms with Gasteiger partial charge in [0.2, 0.25) is 0 Å². The minimum absolute atomic E-state index is 0.384. The summed E-state index contributed by atoms with van der Waals surface area (Å²) in [6, 6.07) is 16.7. The number of fused-ring (bicyclic) bond motifs is 5. The standard InChI is InChI=1S/C21H23N3/c1-13(2)19(14(3)4)21-22-16-10-6-5-9-15(16)20-23-17-11-7-8-12-18(17)24(20)21/h5-14,19H,1-4H3. The van der Waals surface area contributed by atoms with Crippen LogP contribution >= 0.6 is 0 Å². The lowest BCUT2D eigenvalue weighted by Gasteiger charge is -2.25. The number of para-hydroxylation sites is 3. The summed E-state index contributed by atoms with van der Waals surface area (Å²) in [4.78, 5) is 10.0. The Bertz CT molecular complexity index is 1020. The molecule has 0 N–H and O–H groups in total. The van der Waals surface area contributed by atoms with Crippen molar-refractivity contribution in [3.63, 3.8) is 0 Å². The molecule has 122 valence electrons. The van der Waals surface area contributed by atoms with Gasteiger partial charge in [-0.25, -0.2) is 9.97 Å². The van der Waals surface area contributed by atoms with E-state index in [1.54, 1.807) is 0 Å². The monoisotopic (exact) mass is 317 g/mol. The van der Waals surface area contributed by atoms with Crippen molar-refractivity contribution in [3.05, 3.63) is 54.4 Å². The zero-order valence-electron chi connectivity index (χ0n) is 14.7. The van der Waals surface area contributed by atoms with Crippen molar-refractivity contribution in [2.24, 2.45) is 11.8 Å². The molecule has 4 aromatic rings. The Morgan fingerprint density at radius 3 is 2.08 bits per heavy atom. The molecule has 3 heteroatoms. The third-order valence-corrected chi connectivity index (χ3v) is 4.90. The van der Waals surface area contributed by atoms with Gasteiger partial charge in [0.15, 0.2) is 0 Å². The summed E-state index contributed by atoms with van der Waals surface area (Å²) >= 11 is 0. The van der Waals surface area contributed by atoms with Gasteiger partial charge in [0.25, 0.3) is 0 Å². The third-order valence-electron chi connectivity index (χ3n) is 4.90. The van der Waals surface area contributed by atoms with Gasteiger partial charge in [0.1, 0.15) is 11.5 Å². The number of nitrogens with zero attached hydrogens (tertiary/aromatic N) is 3. The molecule has 0 unspecified atom stereocenters. The molecule has 0 radical (unpaired) electrons. The summed E-state index contributed by atoms with van der Waals surface area (Å²) in [5, 5.41) is 1.11. The zero-order valence-corrected chi connectivity index (χ0v) is 14.7. The van der Waals surface area contributed by atoms with Gasteiger partial charge in [-0.15, -0.1) is 0 Å². The first kappa shape index (κ1) is 15.1. The number of hydrogen-bond acceptors (Lipinski definition) is 2. The highest BCUT2D eigenvalue weighted by Crippen LogP contribution is 2.34. The van der Waals surface area contributed by atoms with Gasteiger partial charge in [0, 0.05) is 11.3 Å². The number of aromatic nitrogens is 3. The average molecular weight is 317 g/mol. The van der Waals surface area contributed by atoms with Crippen molar-refractivity contribution < 1.29 is 0 Å². The summed E-state index contributed by atoms with van der Waals surface area (Å²) in [6.07, 6.45) is 0. The van der Waals surface area contributed by atoms with Crippen LogP contribution in [0.4, 0.5) is 0 Å². The summed E-state index contributed by atoms with van der Waals surface area (Å²) < 4.78 is 2.28. The van der Waals surface area contributed by atoms with E-state index in [1.807, 2.05) is 6.07 Å². The van der Waals surface area contributed by atoms with Gasteiger partial charge in [-0.3, -0.25) is 4.40 Å². The molecule has 2 aromatic heterocycles. The highest BCUT2D eigenvalue weighted by Gasteiger charge is 2.26. The normalized spacial score (nSPS) is 12.5. The van der Waals surface area contributed by atoms with Crippen LogP contribution in [0.15, 0.2) is 48.5 Å². The second-order valence-electron chi connectivity index (χ2n) is 7.26. The van der Waals surface area contributed by atoms with E-state index in [9.17, 15) is 0 Å². The van der Waals surface area contributed by atoms with E-state index < -0.39 is 0 Å². The Kier molecular flexibility index (Phi) is 3.52. The molecule has 0 aliphatic heterocycles. The molecular formula is C21H23N3. The molecule has 2 aromatic carbocycles. The molecule has 4 rings (SSSR count). The summed E-state index contributed by atoms with van der Waals surface area (Å²) in [5.41, 5.74) is 4.22. The number of rotatable bonds is 3. The van der Waals surface area contributed by atoms with Gasteiger partial charge >= 0.3 is 0 Å². The van der Waals surface area contributed by atoms with Crippen molar-refractivity contribution >= 4 is 27.6 Å². The van der Waals surface area contributed by atoms with Crippen LogP contribution in [-0.4, -0.2) is 14.4 Å². The number of imidazole rings is 1. The van der Waals surface area contributed by atoms with Gasteiger partial charge < -0.3 is 0 Å². The first-order chi connectivity index (χ1) is 11.6. The predicted molar refractivity (Wildman–Crippen MR) is 100 cm³/mol. The fourth-order valence-corrected chi connectivity index (χ4v) is 3.96. The molecule has 3 nitrogen and oxygen atoms in total.